The summed E-state index contributed by atoms with van der Waals surface area (Å²) in [6.07, 6.45) is 0. The van der Waals surface area contributed by atoms with Crippen LogP contribution in [-0.4, -0.2) is 23.3 Å². The lowest BCUT2D eigenvalue weighted by molar-refractivity contribution is -0.385. The Balaban J connectivity index is 1.63. The van der Waals surface area contributed by atoms with Gasteiger partial charge in [-0.25, -0.2) is 0 Å². The van der Waals surface area contributed by atoms with E-state index in [1.165, 1.54) is 18.2 Å². The Bertz CT molecular complexity index is 986. The van der Waals surface area contributed by atoms with Gasteiger partial charge in [0.05, 0.1) is 10.8 Å². The van der Waals surface area contributed by atoms with Crippen molar-refractivity contribution in [1.82, 2.24) is 10.9 Å². The van der Waals surface area contributed by atoms with Crippen LogP contribution in [-0.2, 0) is 9.59 Å². The zero-order valence-electron chi connectivity index (χ0n) is 15.9. The molecule has 0 fully saturated rings. The second-order valence-electron chi connectivity index (χ2n) is 6.31. The summed E-state index contributed by atoms with van der Waals surface area (Å²) >= 11 is 0. The average Bonchev–Trinajstić information content (AvgIpc) is 2.78. The molecule has 0 aliphatic heterocycles. The number of hydrazine groups is 1. The smallest absolute Gasteiger partial charge is 0.310 e. The number of carbonyl (C=O) groups excluding carboxylic acids is 2. The number of para-hydroxylation sites is 2. The number of benzene rings is 3. The summed E-state index contributed by atoms with van der Waals surface area (Å²) < 4.78 is 5.22. The second-order valence-corrected chi connectivity index (χ2v) is 6.31. The number of hydrogen-bond donors (Lipinski definition) is 2. The molecule has 0 saturated carbocycles. The summed E-state index contributed by atoms with van der Waals surface area (Å²) in [6.45, 7) is -0.494. The molecule has 0 aromatic heterocycles. The van der Waals surface area contributed by atoms with Crippen LogP contribution in [0.25, 0.3) is 0 Å². The van der Waals surface area contributed by atoms with Gasteiger partial charge in [-0.2, -0.15) is 0 Å². The van der Waals surface area contributed by atoms with E-state index in [0.29, 0.717) is 0 Å². The first-order chi connectivity index (χ1) is 14.6. The van der Waals surface area contributed by atoms with Crippen molar-refractivity contribution in [2.45, 2.75) is 5.92 Å². The first-order valence-corrected chi connectivity index (χ1v) is 9.11. The molecule has 8 nitrogen and oxygen atoms in total. The molecule has 0 bridgehead atoms. The lowest BCUT2D eigenvalue weighted by atomic mass is 9.91. The van der Waals surface area contributed by atoms with Crippen LogP contribution >= 0.6 is 0 Å². The van der Waals surface area contributed by atoms with Crippen LogP contribution in [0.2, 0.25) is 0 Å². The lowest BCUT2D eigenvalue weighted by Gasteiger charge is -2.18. The molecule has 0 heterocycles. The van der Waals surface area contributed by atoms with Crippen LogP contribution < -0.4 is 15.6 Å². The number of rotatable bonds is 7. The van der Waals surface area contributed by atoms with Gasteiger partial charge in [-0.15, -0.1) is 0 Å². The highest BCUT2D eigenvalue weighted by atomic mass is 16.6. The van der Waals surface area contributed by atoms with Gasteiger partial charge in [-0.1, -0.05) is 72.8 Å². The summed E-state index contributed by atoms with van der Waals surface area (Å²) in [5.74, 6) is -1.73. The third-order valence-corrected chi connectivity index (χ3v) is 4.27. The van der Waals surface area contributed by atoms with Crippen LogP contribution in [0.15, 0.2) is 84.9 Å². The molecule has 8 heteroatoms. The average molecular weight is 405 g/mol. The molecule has 0 atom stereocenters. The maximum atomic E-state index is 12.8. The number of nitrogens with one attached hydrogen (secondary N) is 2. The second kappa shape index (κ2) is 9.83. The minimum atomic E-state index is -0.652. The lowest BCUT2D eigenvalue weighted by Crippen LogP contribution is -2.46. The third kappa shape index (κ3) is 5.20. The number of amides is 2. The van der Waals surface area contributed by atoms with Gasteiger partial charge in [0.1, 0.15) is 0 Å². The third-order valence-electron chi connectivity index (χ3n) is 4.27. The van der Waals surface area contributed by atoms with Crippen LogP contribution in [0, 0.1) is 10.1 Å². The standard InChI is InChI=1S/C22H19N3O5/c26-20(15-30-19-14-8-7-13-18(19)25(28)29)23-24-22(27)21(16-9-3-1-4-10-16)17-11-5-2-6-12-17/h1-14,21H,15H2,(H,23,26)(H,24,27). The molecule has 0 aliphatic rings. The molecule has 0 saturated heterocycles. The first-order valence-electron chi connectivity index (χ1n) is 9.11. The van der Waals surface area contributed by atoms with Crippen LogP contribution in [0.1, 0.15) is 17.0 Å². The predicted molar refractivity (Wildman–Crippen MR) is 110 cm³/mol. The number of hydrogen-bond acceptors (Lipinski definition) is 5. The van der Waals surface area contributed by atoms with Crippen molar-refractivity contribution in [2.24, 2.45) is 0 Å². The summed E-state index contributed by atoms with van der Waals surface area (Å²) in [5.41, 5.74) is 5.98. The van der Waals surface area contributed by atoms with Crippen LogP contribution in [0.3, 0.4) is 0 Å². The fraction of sp³-hybridized carbons (Fsp3) is 0.0909. The number of nitrogens with zero attached hydrogens (tertiary/aromatic N) is 1. The van der Waals surface area contributed by atoms with Crippen LogP contribution in [0.5, 0.6) is 5.75 Å². The van der Waals surface area contributed by atoms with E-state index >= 15 is 0 Å². The Kier molecular flexibility index (Phi) is 6.73. The highest BCUT2D eigenvalue weighted by molar-refractivity contribution is 5.89. The van der Waals surface area contributed by atoms with Gasteiger partial charge in [-0.3, -0.25) is 30.6 Å². The number of ether oxygens (including phenoxy) is 1. The van der Waals surface area contributed by atoms with Gasteiger partial charge in [0.2, 0.25) is 5.91 Å². The number of nitro benzene ring substituents is 1. The van der Waals surface area contributed by atoms with E-state index in [2.05, 4.69) is 10.9 Å². The molecule has 0 radical (unpaired) electrons. The van der Waals surface area contributed by atoms with Gasteiger partial charge in [0.15, 0.2) is 12.4 Å². The summed E-state index contributed by atoms with van der Waals surface area (Å²) in [6, 6.07) is 24.1. The Morgan fingerprint density at radius 2 is 1.37 bits per heavy atom. The van der Waals surface area contributed by atoms with E-state index in [-0.39, 0.29) is 11.4 Å². The molecule has 2 amide bonds. The Morgan fingerprint density at radius 3 is 1.93 bits per heavy atom. The van der Waals surface area contributed by atoms with E-state index in [9.17, 15) is 19.7 Å². The van der Waals surface area contributed by atoms with Gasteiger partial charge >= 0.3 is 5.69 Å². The molecule has 0 aliphatic carbocycles. The predicted octanol–water partition coefficient (Wildman–Crippen LogP) is 2.95. The van der Waals surface area contributed by atoms with Crippen LogP contribution in [0.4, 0.5) is 5.69 Å². The zero-order valence-corrected chi connectivity index (χ0v) is 15.9. The van der Waals surface area contributed by atoms with E-state index in [1.54, 1.807) is 6.07 Å². The molecule has 0 unspecified atom stereocenters. The zero-order chi connectivity index (χ0) is 21.3. The molecular formula is C22H19N3O5. The maximum Gasteiger partial charge on any atom is 0.310 e. The minimum absolute atomic E-state index is 0.0320. The SMILES string of the molecule is O=C(COc1ccccc1[N+](=O)[O-])NNC(=O)C(c1ccccc1)c1ccccc1. The molecule has 152 valence electrons. The fourth-order valence-electron chi connectivity index (χ4n) is 2.90. The maximum absolute atomic E-state index is 12.8. The molecule has 30 heavy (non-hydrogen) atoms. The van der Waals surface area contributed by atoms with Crippen molar-refractivity contribution in [1.29, 1.82) is 0 Å². The summed E-state index contributed by atoms with van der Waals surface area (Å²) in [7, 11) is 0. The Hall–Kier alpha value is -4.20. The van der Waals surface area contributed by atoms with Crippen molar-refractivity contribution in [3.05, 3.63) is 106 Å². The molecule has 3 aromatic rings. The van der Waals surface area contributed by atoms with E-state index in [1.807, 2.05) is 60.7 Å². The highest BCUT2D eigenvalue weighted by Crippen LogP contribution is 2.26. The molecule has 3 aromatic carbocycles. The molecule has 0 spiro atoms. The van der Waals surface area contributed by atoms with Gasteiger partial charge in [-0.05, 0) is 17.2 Å². The van der Waals surface area contributed by atoms with Crippen molar-refractivity contribution in [3.8, 4) is 5.75 Å². The van der Waals surface area contributed by atoms with Crippen molar-refractivity contribution in [2.75, 3.05) is 6.61 Å². The van der Waals surface area contributed by atoms with Crippen molar-refractivity contribution >= 4 is 17.5 Å². The topological polar surface area (TPSA) is 111 Å². The molecular weight excluding hydrogens is 386 g/mol. The molecule has 3 rings (SSSR count). The largest absolute Gasteiger partial charge is 0.477 e. The fourth-order valence-corrected chi connectivity index (χ4v) is 2.90. The molecule has 2 N–H and O–H groups in total. The van der Waals surface area contributed by atoms with Gasteiger partial charge < -0.3 is 4.74 Å². The monoisotopic (exact) mass is 405 g/mol. The van der Waals surface area contributed by atoms with E-state index < -0.39 is 29.3 Å². The Labute approximate surface area is 172 Å². The van der Waals surface area contributed by atoms with E-state index in [4.69, 9.17) is 4.74 Å². The minimum Gasteiger partial charge on any atom is -0.477 e. The highest BCUT2D eigenvalue weighted by Gasteiger charge is 2.23. The number of nitro groups is 1. The number of carbonyl (C=O) groups is 2. The normalized spacial score (nSPS) is 10.3. The quantitative estimate of drug-likeness (QED) is 0.464. The first kappa shape index (κ1) is 20.5. The van der Waals surface area contributed by atoms with Gasteiger partial charge in [0, 0.05) is 6.07 Å². The summed E-state index contributed by atoms with van der Waals surface area (Å²) in [5, 5.41) is 11.0. The summed E-state index contributed by atoms with van der Waals surface area (Å²) in [4.78, 5) is 35.3. The van der Waals surface area contributed by atoms with E-state index in [0.717, 1.165) is 11.1 Å². The van der Waals surface area contributed by atoms with Crippen molar-refractivity contribution < 1.29 is 19.2 Å². The van der Waals surface area contributed by atoms with Crippen molar-refractivity contribution in [3.63, 3.8) is 0 Å². The van der Waals surface area contributed by atoms with Gasteiger partial charge in [0.25, 0.3) is 5.91 Å². The Morgan fingerprint density at radius 1 is 0.833 bits per heavy atom.